The van der Waals surface area contributed by atoms with Crippen LogP contribution in [0.5, 0.6) is 0 Å². The van der Waals surface area contributed by atoms with Gasteiger partial charge in [0.05, 0.1) is 16.8 Å². The van der Waals surface area contributed by atoms with Gasteiger partial charge in [-0.25, -0.2) is 8.42 Å². The Kier molecular flexibility index (Phi) is 3.56. The highest BCUT2D eigenvalue weighted by Crippen LogP contribution is 2.26. The highest BCUT2D eigenvalue weighted by atomic mass is 32.2. The van der Waals surface area contributed by atoms with E-state index in [1.807, 2.05) is 0 Å². The lowest BCUT2D eigenvalue weighted by Crippen LogP contribution is -2.47. The topological polar surface area (TPSA) is 74.6 Å². The average molecular weight is 268 g/mol. The smallest absolute Gasteiger partial charge is 0.181 e. The molecule has 0 amide bonds. The van der Waals surface area contributed by atoms with E-state index in [9.17, 15) is 18.6 Å². The van der Waals surface area contributed by atoms with E-state index in [1.165, 1.54) is 18.2 Å². The van der Waals surface area contributed by atoms with Crippen LogP contribution >= 0.6 is 0 Å². The number of hydrogen-bond acceptors (Lipinski definition) is 4. The molecule has 2 atom stereocenters. The molecular weight excluding hydrogens is 252 g/mol. The molecule has 0 fully saturated rings. The van der Waals surface area contributed by atoms with Crippen LogP contribution in [0.1, 0.15) is 12.8 Å². The quantitative estimate of drug-likeness (QED) is 0.799. The molecule has 5 heteroatoms. The molecule has 2 N–H and O–H groups in total. The summed E-state index contributed by atoms with van der Waals surface area (Å²) in [7, 11) is -3.61. The SMILES string of the molecule is O=S(=O)(CC1(O)C=CCCC1O)c1ccccc1. The van der Waals surface area contributed by atoms with E-state index in [1.54, 1.807) is 24.3 Å². The van der Waals surface area contributed by atoms with Crippen molar-refractivity contribution in [3.8, 4) is 0 Å². The first-order valence-electron chi connectivity index (χ1n) is 5.80. The third-order valence-corrected chi connectivity index (χ3v) is 4.95. The summed E-state index contributed by atoms with van der Waals surface area (Å²) in [5, 5.41) is 20.0. The van der Waals surface area contributed by atoms with Crippen LogP contribution in [0.2, 0.25) is 0 Å². The number of aliphatic hydroxyl groups excluding tert-OH is 1. The van der Waals surface area contributed by atoms with E-state index in [-0.39, 0.29) is 4.90 Å². The number of aliphatic hydroxyl groups is 2. The monoisotopic (exact) mass is 268 g/mol. The Bertz CT molecular complexity index is 535. The summed E-state index contributed by atoms with van der Waals surface area (Å²) in [6.07, 6.45) is 3.07. The third kappa shape index (κ3) is 2.63. The minimum atomic E-state index is -3.61. The van der Waals surface area contributed by atoms with Gasteiger partial charge in [0.2, 0.25) is 0 Å². The van der Waals surface area contributed by atoms with E-state index < -0.39 is 27.3 Å². The fraction of sp³-hybridized carbons (Fsp3) is 0.385. The zero-order valence-corrected chi connectivity index (χ0v) is 10.7. The predicted octanol–water partition coefficient (Wildman–Crippen LogP) is 0.902. The molecule has 0 bridgehead atoms. The fourth-order valence-corrected chi connectivity index (χ4v) is 3.70. The molecule has 0 saturated heterocycles. The molecule has 0 radical (unpaired) electrons. The maximum atomic E-state index is 12.1. The van der Waals surface area contributed by atoms with Crippen molar-refractivity contribution in [3.63, 3.8) is 0 Å². The Morgan fingerprint density at radius 1 is 1.28 bits per heavy atom. The van der Waals surface area contributed by atoms with Crippen LogP contribution < -0.4 is 0 Å². The highest BCUT2D eigenvalue weighted by Gasteiger charge is 2.39. The van der Waals surface area contributed by atoms with Gasteiger partial charge < -0.3 is 10.2 Å². The van der Waals surface area contributed by atoms with Crippen LogP contribution in [0, 0.1) is 0 Å². The fourth-order valence-electron chi connectivity index (χ4n) is 2.06. The van der Waals surface area contributed by atoms with Crippen molar-refractivity contribution in [2.75, 3.05) is 5.75 Å². The van der Waals surface area contributed by atoms with Crippen LogP contribution in [-0.4, -0.2) is 36.1 Å². The highest BCUT2D eigenvalue weighted by molar-refractivity contribution is 7.91. The van der Waals surface area contributed by atoms with E-state index in [0.29, 0.717) is 12.8 Å². The molecule has 1 aliphatic carbocycles. The summed E-state index contributed by atoms with van der Waals surface area (Å²) >= 11 is 0. The van der Waals surface area contributed by atoms with Gasteiger partial charge in [-0.1, -0.05) is 30.4 Å². The van der Waals surface area contributed by atoms with Crippen LogP contribution in [0.25, 0.3) is 0 Å². The Hall–Kier alpha value is -1.17. The molecule has 98 valence electrons. The van der Waals surface area contributed by atoms with Gasteiger partial charge in [-0.2, -0.15) is 0 Å². The van der Waals surface area contributed by atoms with Gasteiger partial charge in [0.1, 0.15) is 5.60 Å². The normalized spacial score (nSPS) is 28.2. The summed E-state index contributed by atoms with van der Waals surface area (Å²) in [6, 6.07) is 7.95. The molecule has 0 spiro atoms. The van der Waals surface area contributed by atoms with E-state index in [2.05, 4.69) is 0 Å². The maximum absolute atomic E-state index is 12.1. The minimum absolute atomic E-state index is 0.157. The van der Waals surface area contributed by atoms with Gasteiger partial charge in [-0.15, -0.1) is 0 Å². The van der Waals surface area contributed by atoms with Gasteiger partial charge in [0.15, 0.2) is 9.84 Å². The van der Waals surface area contributed by atoms with Crippen LogP contribution in [0.4, 0.5) is 0 Å². The first kappa shape index (κ1) is 13.3. The van der Waals surface area contributed by atoms with Crippen molar-refractivity contribution in [3.05, 3.63) is 42.5 Å². The summed E-state index contributed by atoms with van der Waals surface area (Å²) in [5.74, 6) is -0.498. The number of rotatable bonds is 3. The standard InChI is InChI=1S/C13H16O4S/c14-12-8-4-5-9-13(12,15)10-18(16,17)11-6-2-1-3-7-11/h1-3,5-7,9,12,14-15H,4,8,10H2. The van der Waals surface area contributed by atoms with Crippen LogP contribution in [0.3, 0.4) is 0 Å². The maximum Gasteiger partial charge on any atom is 0.181 e. The zero-order chi connectivity index (χ0) is 13.2. The van der Waals surface area contributed by atoms with Gasteiger partial charge in [0.25, 0.3) is 0 Å². The van der Waals surface area contributed by atoms with Gasteiger partial charge in [-0.05, 0) is 25.0 Å². The second kappa shape index (κ2) is 4.84. The molecular formula is C13H16O4S. The van der Waals surface area contributed by atoms with Crippen molar-refractivity contribution in [1.82, 2.24) is 0 Å². The van der Waals surface area contributed by atoms with Crippen LogP contribution in [0.15, 0.2) is 47.4 Å². The number of allylic oxidation sites excluding steroid dienone is 1. The van der Waals surface area contributed by atoms with Crippen molar-refractivity contribution >= 4 is 9.84 Å². The lowest BCUT2D eigenvalue weighted by molar-refractivity contribution is -0.0318. The largest absolute Gasteiger partial charge is 0.390 e. The Morgan fingerprint density at radius 3 is 2.56 bits per heavy atom. The van der Waals surface area contributed by atoms with Crippen molar-refractivity contribution in [2.24, 2.45) is 0 Å². The molecule has 2 rings (SSSR count). The molecule has 0 aliphatic heterocycles. The summed E-state index contributed by atoms with van der Waals surface area (Å²) in [6.45, 7) is 0. The second-order valence-electron chi connectivity index (χ2n) is 4.56. The van der Waals surface area contributed by atoms with E-state index >= 15 is 0 Å². The first-order valence-corrected chi connectivity index (χ1v) is 7.45. The summed E-state index contributed by atoms with van der Waals surface area (Å²) < 4.78 is 24.3. The summed E-state index contributed by atoms with van der Waals surface area (Å²) in [5.41, 5.74) is -1.69. The van der Waals surface area contributed by atoms with Gasteiger partial charge in [0, 0.05) is 0 Å². The van der Waals surface area contributed by atoms with Gasteiger partial charge in [-0.3, -0.25) is 0 Å². The second-order valence-corrected chi connectivity index (χ2v) is 6.55. The lowest BCUT2D eigenvalue weighted by Gasteiger charge is -2.32. The molecule has 0 heterocycles. The Morgan fingerprint density at radius 2 is 1.94 bits per heavy atom. The number of benzene rings is 1. The number of sulfone groups is 1. The molecule has 1 aromatic rings. The number of hydrogen-bond donors (Lipinski definition) is 2. The molecule has 2 unspecified atom stereocenters. The minimum Gasteiger partial charge on any atom is -0.390 e. The van der Waals surface area contributed by atoms with Crippen LogP contribution in [-0.2, 0) is 9.84 Å². The Balaban J connectivity index is 2.28. The Labute approximate surface area is 107 Å². The molecule has 1 aromatic carbocycles. The first-order chi connectivity index (χ1) is 8.44. The van der Waals surface area contributed by atoms with Gasteiger partial charge >= 0.3 is 0 Å². The average Bonchev–Trinajstić information content (AvgIpc) is 2.34. The third-order valence-electron chi connectivity index (χ3n) is 3.11. The molecule has 1 aliphatic rings. The molecule has 0 saturated carbocycles. The van der Waals surface area contributed by atoms with E-state index in [4.69, 9.17) is 0 Å². The van der Waals surface area contributed by atoms with E-state index in [0.717, 1.165) is 0 Å². The summed E-state index contributed by atoms with van der Waals surface area (Å²) in [4.78, 5) is 0.157. The van der Waals surface area contributed by atoms with Crippen molar-refractivity contribution < 1.29 is 18.6 Å². The van der Waals surface area contributed by atoms with Crippen molar-refractivity contribution in [1.29, 1.82) is 0 Å². The predicted molar refractivity (Wildman–Crippen MR) is 67.8 cm³/mol. The molecule has 18 heavy (non-hydrogen) atoms. The molecule has 4 nitrogen and oxygen atoms in total. The lowest BCUT2D eigenvalue weighted by atomic mass is 9.90. The zero-order valence-electron chi connectivity index (χ0n) is 9.86. The van der Waals surface area contributed by atoms with Crippen molar-refractivity contribution in [2.45, 2.75) is 29.4 Å². The molecule has 0 aromatic heterocycles.